The molecule has 1 aliphatic rings. The van der Waals surface area contributed by atoms with E-state index >= 15 is 0 Å². The summed E-state index contributed by atoms with van der Waals surface area (Å²) in [6, 6.07) is 7.93. The Bertz CT molecular complexity index is 719. The van der Waals surface area contributed by atoms with Crippen molar-refractivity contribution in [1.82, 2.24) is 9.97 Å². The van der Waals surface area contributed by atoms with Gasteiger partial charge in [0, 0.05) is 18.8 Å². The minimum Gasteiger partial charge on any atom is -0.364 e. The summed E-state index contributed by atoms with van der Waals surface area (Å²) in [5.74, 6) is 0.645. The molecule has 7 nitrogen and oxygen atoms in total. The molecule has 0 fully saturated rings. The quantitative estimate of drug-likeness (QED) is 0.500. The van der Waals surface area contributed by atoms with Crippen LogP contribution in [0.25, 0.3) is 0 Å². The molecule has 3 rings (SSSR count). The van der Waals surface area contributed by atoms with Crippen molar-refractivity contribution in [3.63, 3.8) is 0 Å². The molecule has 0 bridgehead atoms. The van der Waals surface area contributed by atoms with Crippen LogP contribution >= 0.6 is 0 Å². The van der Waals surface area contributed by atoms with Crippen LogP contribution in [-0.2, 0) is 6.42 Å². The predicted octanol–water partition coefficient (Wildman–Crippen LogP) is 3.29. The van der Waals surface area contributed by atoms with Gasteiger partial charge in [-0.15, -0.1) is 0 Å². The van der Waals surface area contributed by atoms with E-state index in [4.69, 9.17) is 0 Å². The molecule has 0 aliphatic carbocycles. The molecule has 2 aromatic rings. The van der Waals surface area contributed by atoms with Crippen LogP contribution in [0.5, 0.6) is 0 Å². The van der Waals surface area contributed by atoms with Gasteiger partial charge in [-0.1, -0.05) is 31.5 Å². The van der Waals surface area contributed by atoms with Gasteiger partial charge < -0.3 is 10.2 Å². The zero-order chi connectivity index (χ0) is 16.2. The van der Waals surface area contributed by atoms with Crippen LogP contribution in [-0.4, -0.2) is 28.0 Å². The van der Waals surface area contributed by atoms with Gasteiger partial charge in [0.15, 0.2) is 0 Å². The monoisotopic (exact) mass is 313 g/mol. The summed E-state index contributed by atoms with van der Waals surface area (Å²) in [6.07, 6.45) is 4.19. The second-order valence-electron chi connectivity index (χ2n) is 5.46. The highest BCUT2D eigenvalue weighted by Gasteiger charge is 2.31. The number of nitrogens with zero attached hydrogens (tertiary/aromatic N) is 4. The van der Waals surface area contributed by atoms with Crippen LogP contribution in [0, 0.1) is 10.1 Å². The van der Waals surface area contributed by atoms with Gasteiger partial charge in [-0.05, 0) is 24.5 Å². The van der Waals surface area contributed by atoms with Crippen LogP contribution in [0.15, 0.2) is 30.6 Å². The number of hydrogen-bond donors (Lipinski definition) is 1. The minimum absolute atomic E-state index is 0.0553. The van der Waals surface area contributed by atoms with Gasteiger partial charge in [0.25, 0.3) is 0 Å². The van der Waals surface area contributed by atoms with Crippen molar-refractivity contribution in [2.45, 2.75) is 26.2 Å². The van der Waals surface area contributed by atoms with E-state index < -0.39 is 4.92 Å². The predicted molar refractivity (Wildman–Crippen MR) is 89.2 cm³/mol. The summed E-state index contributed by atoms with van der Waals surface area (Å²) in [6.45, 7) is 3.42. The normalized spacial score (nSPS) is 13.0. The highest BCUT2D eigenvalue weighted by molar-refractivity contribution is 5.78. The third kappa shape index (κ3) is 2.94. The number of benzene rings is 1. The Balaban J connectivity index is 1.99. The maximum Gasteiger partial charge on any atom is 0.353 e. The Kier molecular flexibility index (Phi) is 4.36. The smallest absolute Gasteiger partial charge is 0.353 e. The van der Waals surface area contributed by atoms with Crippen molar-refractivity contribution in [2.24, 2.45) is 0 Å². The van der Waals surface area contributed by atoms with Gasteiger partial charge in [0.2, 0.25) is 11.6 Å². The standard InChI is InChI=1S/C16H19N5O2/c1-2-3-9-17-15-14(21(22)23)16(19-11-18-15)20-10-8-12-6-4-5-7-13(12)20/h4-7,11H,2-3,8-10H2,1H3,(H,17,18,19). The van der Waals surface area contributed by atoms with E-state index in [1.807, 2.05) is 29.2 Å². The van der Waals surface area contributed by atoms with E-state index in [1.165, 1.54) is 11.9 Å². The summed E-state index contributed by atoms with van der Waals surface area (Å²) in [7, 11) is 0. The molecular weight excluding hydrogens is 294 g/mol. The van der Waals surface area contributed by atoms with Crippen molar-refractivity contribution in [3.8, 4) is 0 Å². The fourth-order valence-corrected chi connectivity index (χ4v) is 2.81. The largest absolute Gasteiger partial charge is 0.364 e. The summed E-state index contributed by atoms with van der Waals surface area (Å²) >= 11 is 0. The molecule has 0 unspecified atom stereocenters. The number of aromatic nitrogens is 2. The summed E-state index contributed by atoms with van der Waals surface area (Å²) in [4.78, 5) is 21.4. The molecule has 1 aliphatic heterocycles. The van der Waals surface area contributed by atoms with Crippen LogP contribution in [0.4, 0.5) is 23.0 Å². The van der Waals surface area contributed by atoms with Gasteiger partial charge in [-0.25, -0.2) is 9.97 Å². The van der Waals surface area contributed by atoms with Crippen molar-refractivity contribution < 1.29 is 4.92 Å². The lowest BCUT2D eigenvalue weighted by atomic mass is 10.2. The van der Waals surface area contributed by atoms with Crippen molar-refractivity contribution in [2.75, 3.05) is 23.3 Å². The van der Waals surface area contributed by atoms with Crippen molar-refractivity contribution in [1.29, 1.82) is 0 Å². The first-order valence-corrected chi connectivity index (χ1v) is 7.81. The average molecular weight is 313 g/mol. The van der Waals surface area contributed by atoms with Crippen LogP contribution < -0.4 is 10.2 Å². The maximum absolute atomic E-state index is 11.6. The van der Waals surface area contributed by atoms with Crippen LogP contribution in [0.3, 0.4) is 0 Å². The number of nitrogens with one attached hydrogen (secondary N) is 1. The number of fused-ring (bicyclic) bond motifs is 1. The van der Waals surface area contributed by atoms with Crippen LogP contribution in [0.1, 0.15) is 25.3 Å². The Morgan fingerprint density at radius 1 is 1.35 bits per heavy atom. The van der Waals surface area contributed by atoms with Gasteiger partial charge in [0.1, 0.15) is 6.33 Å². The van der Waals surface area contributed by atoms with Crippen molar-refractivity contribution >= 4 is 23.0 Å². The highest BCUT2D eigenvalue weighted by Crippen LogP contribution is 2.39. The minimum atomic E-state index is -0.398. The Labute approximate surface area is 134 Å². The molecular formula is C16H19N5O2. The molecule has 1 N–H and O–H groups in total. The fourth-order valence-electron chi connectivity index (χ4n) is 2.81. The summed E-state index contributed by atoms with van der Waals surface area (Å²) in [5.41, 5.74) is 2.11. The number of hydrogen-bond acceptors (Lipinski definition) is 6. The van der Waals surface area contributed by atoms with E-state index in [0.717, 1.165) is 24.9 Å². The molecule has 1 aromatic carbocycles. The van der Waals surface area contributed by atoms with E-state index in [1.54, 1.807) is 0 Å². The molecule has 0 atom stereocenters. The number of para-hydroxylation sites is 1. The summed E-state index contributed by atoms with van der Waals surface area (Å²) in [5, 5.41) is 14.7. The summed E-state index contributed by atoms with van der Waals surface area (Å²) < 4.78 is 0. The molecule has 2 heterocycles. The van der Waals surface area contributed by atoms with Crippen LogP contribution in [0.2, 0.25) is 0 Å². The van der Waals surface area contributed by atoms with E-state index in [0.29, 0.717) is 18.9 Å². The SMILES string of the molecule is CCCCNc1ncnc(N2CCc3ccccc32)c1[N+](=O)[O-]. The van der Waals surface area contributed by atoms with Gasteiger partial charge in [-0.2, -0.15) is 0 Å². The topological polar surface area (TPSA) is 84.2 Å². The Morgan fingerprint density at radius 3 is 2.96 bits per heavy atom. The lowest BCUT2D eigenvalue weighted by Gasteiger charge is -2.18. The zero-order valence-electron chi connectivity index (χ0n) is 13.0. The molecule has 0 spiro atoms. The Morgan fingerprint density at radius 2 is 2.17 bits per heavy atom. The zero-order valence-corrected chi connectivity index (χ0v) is 13.0. The third-order valence-corrected chi connectivity index (χ3v) is 3.95. The lowest BCUT2D eigenvalue weighted by molar-refractivity contribution is -0.383. The number of nitro groups is 1. The molecule has 1 aromatic heterocycles. The third-order valence-electron chi connectivity index (χ3n) is 3.95. The lowest BCUT2D eigenvalue weighted by Crippen LogP contribution is -2.18. The van der Waals surface area contributed by atoms with Crippen molar-refractivity contribution in [3.05, 3.63) is 46.3 Å². The number of rotatable bonds is 6. The second kappa shape index (κ2) is 6.60. The van der Waals surface area contributed by atoms with Gasteiger partial charge in [0.05, 0.1) is 4.92 Å². The molecule has 7 heteroatoms. The first-order chi connectivity index (χ1) is 11.2. The van der Waals surface area contributed by atoms with E-state index in [2.05, 4.69) is 22.2 Å². The average Bonchev–Trinajstić information content (AvgIpc) is 2.98. The fraction of sp³-hybridized carbons (Fsp3) is 0.375. The first kappa shape index (κ1) is 15.2. The molecule has 0 saturated heterocycles. The van der Waals surface area contributed by atoms with E-state index in [-0.39, 0.29) is 11.5 Å². The molecule has 0 radical (unpaired) electrons. The molecule has 23 heavy (non-hydrogen) atoms. The highest BCUT2D eigenvalue weighted by atomic mass is 16.6. The van der Waals surface area contributed by atoms with Gasteiger partial charge >= 0.3 is 5.69 Å². The Hall–Kier alpha value is -2.70. The number of anilines is 3. The van der Waals surface area contributed by atoms with Gasteiger partial charge in [-0.3, -0.25) is 10.1 Å². The molecule has 0 saturated carbocycles. The molecule has 0 amide bonds. The first-order valence-electron chi connectivity index (χ1n) is 7.81. The molecule has 120 valence electrons. The maximum atomic E-state index is 11.6. The number of unbranched alkanes of at least 4 members (excludes halogenated alkanes) is 1. The second-order valence-corrected chi connectivity index (χ2v) is 5.46. The van der Waals surface area contributed by atoms with E-state index in [9.17, 15) is 10.1 Å².